The Bertz CT molecular complexity index is 178. The number of nitrogens with one attached hydrogen (secondary N) is 1. The first kappa shape index (κ1) is 19.9. The first-order valence-corrected chi connectivity index (χ1v) is 8.65. The van der Waals surface area contributed by atoms with Crippen molar-refractivity contribution in [2.75, 3.05) is 40.4 Å². The van der Waals surface area contributed by atoms with Crippen LogP contribution in [0, 0.1) is 0 Å². The minimum Gasteiger partial charge on any atom is -0.383 e. The molecule has 0 amide bonds. The molecule has 0 atom stereocenters. The van der Waals surface area contributed by atoms with Gasteiger partial charge in [0.15, 0.2) is 0 Å². The molecule has 0 spiro atoms. The van der Waals surface area contributed by atoms with Gasteiger partial charge in [0.1, 0.15) is 0 Å². The van der Waals surface area contributed by atoms with Gasteiger partial charge < -0.3 is 15.0 Å². The van der Waals surface area contributed by atoms with Crippen molar-refractivity contribution in [3.8, 4) is 0 Å². The fourth-order valence-corrected chi connectivity index (χ4v) is 2.45. The number of likely N-dealkylation sites (N-methyl/N-ethyl adjacent to an activating group) is 1. The van der Waals surface area contributed by atoms with E-state index in [1.807, 2.05) is 0 Å². The molecule has 0 fully saturated rings. The summed E-state index contributed by atoms with van der Waals surface area (Å²) in [5.41, 5.74) is 0. The van der Waals surface area contributed by atoms with Gasteiger partial charge in [0.25, 0.3) is 0 Å². The number of methoxy groups -OCH3 is 1. The van der Waals surface area contributed by atoms with Crippen LogP contribution in [0.4, 0.5) is 0 Å². The molecule has 0 bridgehead atoms. The lowest BCUT2D eigenvalue weighted by Gasteiger charge is -2.21. The van der Waals surface area contributed by atoms with Gasteiger partial charge in [-0.15, -0.1) is 0 Å². The van der Waals surface area contributed by atoms with Gasteiger partial charge in [-0.25, -0.2) is 0 Å². The van der Waals surface area contributed by atoms with Gasteiger partial charge in [-0.1, -0.05) is 52.4 Å². The predicted octanol–water partition coefficient (Wildman–Crippen LogP) is 3.68. The third-order valence-electron chi connectivity index (χ3n) is 3.92. The highest BCUT2D eigenvalue weighted by Crippen LogP contribution is 2.10. The highest BCUT2D eigenvalue weighted by Gasteiger charge is 2.08. The maximum atomic E-state index is 5.11. The van der Waals surface area contributed by atoms with E-state index in [1.165, 1.54) is 51.4 Å². The topological polar surface area (TPSA) is 24.5 Å². The molecule has 0 saturated carbocycles. The second-order valence-corrected chi connectivity index (χ2v) is 5.94. The first-order valence-electron chi connectivity index (χ1n) is 8.65. The van der Waals surface area contributed by atoms with Gasteiger partial charge in [-0.2, -0.15) is 0 Å². The van der Waals surface area contributed by atoms with Crippen molar-refractivity contribution in [3.63, 3.8) is 0 Å². The molecule has 20 heavy (non-hydrogen) atoms. The number of nitrogens with zero attached hydrogens (tertiary/aromatic N) is 1. The third-order valence-corrected chi connectivity index (χ3v) is 3.92. The van der Waals surface area contributed by atoms with E-state index >= 15 is 0 Å². The Labute approximate surface area is 127 Å². The molecule has 0 unspecified atom stereocenters. The van der Waals surface area contributed by atoms with Crippen LogP contribution in [0.2, 0.25) is 0 Å². The maximum Gasteiger partial charge on any atom is 0.0589 e. The molecule has 0 saturated heterocycles. The van der Waals surface area contributed by atoms with E-state index in [0.717, 1.165) is 32.3 Å². The van der Waals surface area contributed by atoms with Crippen molar-refractivity contribution < 1.29 is 4.74 Å². The lowest BCUT2D eigenvalue weighted by Crippen LogP contribution is -2.36. The van der Waals surface area contributed by atoms with Gasteiger partial charge in [0.05, 0.1) is 6.61 Å². The summed E-state index contributed by atoms with van der Waals surface area (Å²) < 4.78 is 5.11. The number of unbranched alkanes of at least 4 members (excludes halogenated alkanes) is 4. The third kappa shape index (κ3) is 12.9. The van der Waals surface area contributed by atoms with Crippen molar-refractivity contribution in [1.29, 1.82) is 0 Å². The molecular weight excluding hydrogens is 248 g/mol. The van der Waals surface area contributed by atoms with Crippen LogP contribution in [0.1, 0.15) is 65.2 Å². The Kier molecular flexibility index (Phi) is 15.2. The Morgan fingerprint density at radius 1 is 0.950 bits per heavy atom. The van der Waals surface area contributed by atoms with Crippen molar-refractivity contribution in [1.82, 2.24) is 10.2 Å². The van der Waals surface area contributed by atoms with E-state index in [2.05, 4.69) is 31.1 Å². The molecule has 0 aromatic heterocycles. The zero-order valence-corrected chi connectivity index (χ0v) is 14.4. The van der Waals surface area contributed by atoms with E-state index in [4.69, 9.17) is 4.74 Å². The van der Waals surface area contributed by atoms with Gasteiger partial charge in [0, 0.05) is 32.8 Å². The summed E-state index contributed by atoms with van der Waals surface area (Å²) in [6.07, 6.45) is 10.8. The summed E-state index contributed by atoms with van der Waals surface area (Å²) in [5.74, 6) is 0. The number of rotatable bonds is 15. The summed E-state index contributed by atoms with van der Waals surface area (Å²) >= 11 is 0. The van der Waals surface area contributed by atoms with E-state index in [-0.39, 0.29) is 0 Å². The average Bonchev–Trinajstić information content (AvgIpc) is 2.45. The van der Waals surface area contributed by atoms with Gasteiger partial charge in [0.2, 0.25) is 0 Å². The summed E-state index contributed by atoms with van der Waals surface area (Å²) in [4.78, 5) is 2.34. The molecule has 0 aliphatic carbocycles. The van der Waals surface area contributed by atoms with Crippen molar-refractivity contribution in [2.45, 2.75) is 71.3 Å². The normalized spacial score (nSPS) is 11.7. The Morgan fingerprint density at radius 2 is 1.55 bits per heavy atom. The second-order valence-electron chi connectivity index (χ2n) is 5.94. The predicted molar refractivity (Wildman–Crippen MR) is 89.4 cm³/mol. The summed E-state index contributed by atoms with van der Waals surface area (Å²) in [6, 6.07) is 0.726. The lowest BCUT2D eigenvalue weighted by molar-refractivity contribution is 0.161. The zero-order chi connectivity index (χ0) is 15.1. The Morgan fingerprint density at radius 3 is 2.05 bits per heavy atom. The molecule has 3 heteroatoms. The largest absolute Gasteiger partial charge is 0.383 e. The molecule has 1 N–H and O–H groups in total. The molecule has 0 aromatic rings. The van der Waals surface area contributed by atoms with Gasteiger partial charge in [-0.05, 0) is 19.9 Å². The molecule has 0 aliphatic heterocycles. The summed E-state index contributed by atoms with van der Waals surface area (Å²) in [5, 5.41) is 3.76. The second kappa shape index (κ2) is 15.3. The quantitative estimate of drug-likeness (QED) is 0.465. The van der Waals surface area contributed by atoms with Crippen LogP contribution < -0.4 is 5.32 Å². The Hall–Kier alpha value is -0.120. The first-order chi connectivity index (χ1) is 9.74. The lowest BCUT2D eigenvalue weighted by atomic mass is 10.0. The SMILES string of the molecule is CCCCCC(CCCCC)NCCN(C)CCOC. The standard InChI is InChI=1S/C17H38N2O/c1-5-7-9-11-17(12-10-8-6-2)18-13-14-19(3)15-16-20-4/h17-18H,5-16H2,1-4H3. The van der Waals surface area contributed by atoms with E-state index < -0.39 is 0 Å². The van der Waals surface area contributed by atoms with E-state index in [0.29, 0.717) is 0 Å². The average molecular weight is 287 g/mol. The highest BCUT2D eigenvalue weighted by molar-refractivity contribution is 4.68. The Balaban J connectivity index is 3.76. The molecule has 0 aromatic carbocycles. The monoisotopic (exact) mass is 286 g/mol. The molecule has 0 radical (unpaired) electrons. The molecule has 0 heterocycles. The van der Waals surface area contributed by atoms with Crippen LogP contribution in [0.25, 0.3) is 0 Å². The molecule has 122 valence electrons. The molecule has 0 aliphatic rings. The van der Waals surface area contributed by atoms with Gasteiger partial charge in [-0.3, -0.25) is 0 Å². The number of ether oxygens (including phenoxy) is 1. The van der Waals surface area contributed by atoms with Crippen LogP contribution in [-0.4, -0.2) is 51.3 Å². The van der Waals surface area contributed by atoms with Crippen molar-refractivity contribution in [2.24, 2.45) is 0 Å². The fourth-order valence-electron chi connectivity index (χ4n) is 2.45. The van der Waals surface area contributed by atoms with Crippen molar-refractivity contribution in [3.05, 3.63) is 0 Å². The van der Waals surface area contributed by atoms with Crippen LogP contribution >= 0.6 is 0 Å². The zero-order valence-electron chi connectivity index (χ0n) is 14.4. The van der Waals surface area contributed by atoms with Crippen LogP contribution in [-0.2, 0) is 4.74 Å². The summed E-state index contributed by atoms with van der Waals surface area (Å²) in [7, 11) is 3.94. The maximum absolute atomic E-state index is 5.11. The van der Waals surface area contributed by atoms with Crippen LogP contribution in [0.3, 0.4) is 0 Å². The highest BCUT2D eigenvalue weighted by atomic mass is 16.5. The number of hydrogen-bond donors (Lipinski definition) is 1. The smallest absolute Gasteiger partial charge is 0.0589 e. The molecule has 0 rings (SSSR count). The van der Waals surface area contributed by atoms with Crippen LogP contribution in [0.15, 0.2) is 0 Å². The van der Waals surface area contributed by atoms with Crippen molar-refractivity contribution >= 4 is 0 Å². The fraction of sp³-hybridized carbons (Fsp3) is 1.00. The van der Waals surface area contributed by atoms with E-state index in [9.17, 15) is 0 Å². The van der Waals surface area contributed by atoms with E-state index in [1.54, 1.807) is 7.11 Å². The minimum atomic E-state index is 0.726. The van der Waals surface area contributed by atoms with Gasteiger partial charge >= 0.3 is 0 Å². The summed E-state index contributed by atoms with van der Waals surface area (Å²) in [6.45, 7) is 8.63. The van der Waals surface area contributed by atoms with Crippen LogP contribution in [0.5, 0.6) is 0 Å². The molecule has 3 nitrogen and oxygen atoms in total. The minimum absolute atomic E-state index is 0.726. The molecular formula is C17H38N2O. The number of hydrogen-bond acceptors (Lipinski definition) is 3.